The van der Waals surface area contributed by atoms with Crippen LogP contribution < -0.4 is 10.6 Å². The lowest BCUT2D eigenvalue weighted by Crippen LogP contribution is -2.34. The van der Waals surface area contributed by atoms with Gasteiger partial charge in [0.1, 0.15) is 5.76 Å². The Morgan fingerprint density at radius 3 is 3.17 bits per heavy atom. The van der Waals surface area contributed by atoms with E-state index in [1.165, 1.54) is 32.4 Å². The molecular weight excluding hydrogens is 224 g/mol. The minimum Gasteiger partial charge on any atom is -0.469 e. The molecule has 1 aliphatic heterocycles. The van der Waals surface area contributed by atoms with Crippen LogP contribution in [0.1, 0.15) is 31.9 Å². The zero-order valence-electron chi connectivity index (χ0n) is 11.5. The van der Waals surface area contributed by atoms with Gasteiger partial charge in [-0.1, -0.05) is 6.92 Å². The van der Waals surface area contributed by atoms with Gasteiger partial charge in [-0.25, -0.2) is 0 Å². The molecule has 2 atom stereocenters. The third-order valence-electron chi connectivity index (χ3n) is 4.04. The zero-order chi connectivity index (χ0) is 12.6. The summed E-state index contributed by atoms with van der Waals surface area (Å²) >= 11 is 0. The number of rotatable bonds is 7. The van der Waals surface area contributed by atoms with Gasteiger partial charge in [-0.05, 0) is 62.9 Å². The molecule has 0 aliphatic carbocycles. The quantitative estimate of drug-likeness (QED) is 0.730. The summed E-state index contributed by atoms with van der Waals surface area (Å²) in [7, 11) is 0. The molecule has 0 aromatic carbocycles. The molecule has 0 spiro atoms. The largest absolute Gasteiger partial charge is 0.469 e. The number of hydrogen-bond donors (Lipinski definition) is 2. The summed E-state index contributed by atoms with van der Waals surface area (Å²) in [5, 5.41) is 7.02. The molecule has 0 amide bonds. The highest BCUT2D eigenvalue weighted by Crippen LogP contribution is 2.21. The Morgan fingerprint density at radius 2 is 2.44 bits per heavy atom. The molecular formula is C15H26N2O. The summed E-state index contributed by atoms with van der Waals surface area (Å²) < 4.78 is 5.31. The van der Waals surface area contributed by atoms with Crippen LogP contribution in [0.15, 0.2) is 22.8 Å². The normalized spacial score (nSPS) is 21.9. The van der Waals surface area contributed by atoms with Gasteiger partial charge in [0.25, 0.3) is 0 Å². The third-order valence-corrected chi connectivity index (χ3v) is 4.04. The first-order valence-corrected chi connectivity index (χ1v) is 7.30. The van der Waals surface area contributed by atoms with E-state index in [2.05, 4.69) is 17.6 Å². The van der Waals surface area contributed by atoms with Crippen molar-refractivity contribution in [3.63, 3.8) is 0 Å². The SMILES string of the molecule is CC(CCNCCc1ccco1)C1CCCNC1. The van der Waals surface area contributed by atoms with Gasteiger partial charge in [0.15, 0.2) is 0 Å². The number of nitrogens with one attached hydrogen (secondary N) is 2. The van der Waals surface area contributed by atoms with Gasteiger partial charge in [-0.2, -0.15) is 0 Å². The van der Waals surface area contributed by atoms with Crippen LogP contribution in [-0.4, -0.2) is 26.2 Å². The van der Waals surface area contributed by atoms with Crippen molar-refractivity contribution in [1.29, 1.82) is 0 Å². The van der Waals surface area contributed by atoms with Crippen LogP contribution in [0.3, 0.4) is 0 Å². The molecule has 3 nitrogen and oxygen atoms in total. The fourth-order valence-electron chi connectivity index (χ4n) is 2.72. The van der Waals surface area contributed by atoms with Crippen molar-refractivity contribution in [2.75, 3.05) is 26.2 Å². The summed E-state index contributed by atoms with van der Waals surface area (Å²) in [4.78, 5) is 0. The van der Waals surface area contributed by atoms with Crippen molar-refractivity contribution in [2.45, 2.75) is 32.6 Å². The molecule has 1 saturated heterocycles. The maximum absolute atomic E-state index is 5.31. The molecule has 2 N–H and O–H groups in total. The Balaban J connectivity index is 1.52. The Bertz CT molecular complexity index is 304. The van der Waals surface area contributed by atoms with Crippen LogP contribution in [0.5, 0.6) is 0 Å². The van der Waals surface area contributed by atoms with E-state index in [0.29, 0.717) is 0 Å². The maximum Gasteiger partial charge on any atom is 0.105 e. The van der Waals surface area contributed by atoms with E-state index in [4.69, 9.17) is 4.42 Å². The lowest BCUT2D eigenvalue weighted by molar-refractivity contribution is 0.266. The second-order valence-corrected chi connectivity index (χ2v) is 5.45. The van der Waals surface area contributed by atoms with Crippen molar-refractivity contribution in [1.82, 2.24) is 10.6 Å². The molecule has 1 aromatic rings. The summed E-state index contributed by atoms with van der Waals surface area (Å²) in [5.74, 6) is 2.78. The first-order chi connectivity index (χ1) is 8.86. The van der Waals surface area contributed by atoms with Crippen LogP contribution in [0.4, 0.5) is 0 Å². The number of hydrogen-bond acceptors (Lipinski definition) is 3. The van der Waals surface area contributed by atoms with E-state index < -0.39 is 0 Å². The van der Waals surface area contributed by atoms with Gasteiger partial charge < -0.3 is 15.1 Å². The third kappa shape index (κ3) is 4.46. The fraction of sp³-hybridized carbons (Fsp3) is 0.733. The van der Waals surface area contributed by atoms with E-state index >= 15 is 0 Å². The van der Waals surface area contributed by atoms with Crippen molar-refractivity contribution < 1.29 is 4.42 Å². The van der Waals surface area contributed by atoms with E-state index in [0.717, 1.165) is 37.1 Å². The predicted molar refractivity (Wildman–Crippen MR) is 74.7 cm³/mol. The molecule has 0 bridgehead atoms. The average Bonchev–Trinajstić information content (AvgIpc) is 2.92. The molecule has 1 aromatic heterocycles. The van der Waals surface area contributed by atoms with Gasteiger partial charge in [-0.15, -0.1) is 0 Å². The van der Waals surface area contributed by atoms with E-state index in [-0.39, 0.29) is 0 Å². The molecule has 102 valence electrons. The van der Waals surface area contributed by atoms with Crippen molar-refractivity contribution in [3.8, 4) is 0 Å². The molecule has 2 rings (SSSR count). The van der Waals surface area contributed by atoms with Crippen LogP contribution in [0.2, 0.25) is 0 Å². The van der Waals surface area contributed by atoms with Crippen molar-refractivity contribution >= 4 is 0 Å². The summed E-state index contributed by atoms with van der Waals surface area (Å²) in [6.45, 7) is 6.96. The van der Waals surface area contributed by atoms with Crippen molar-refractivity contribution in [3.05, 3.63) is 24.2 Å². The molecule has 1 fully saturated rings. The minimum absolute atomic E-state index is 0.828. The van der Waals surface area contributed by atoms with Gasteiger partial charge in [-0.3, -0.25) is 0 Å². The van der Waals surface area contributed by atoms with Crippen LogP contribution in [0.25, 0.3) is 0 Å². The molecule has 2 heterocycles. The Kier molecular flexibility index (Phi) is 5.75. The fourth-order valence-corrected chi connectivity index (χ4v) is 2.72. The van der Waals surface area contributed by atoms with E-state index in [1.807, 2.05) is 12.1 Å². The Labute approximate surface area is 110 Å². The number of furan rings is 1. The first kappa shape index (κ1) is 13.6. The lowest BCUT2D eigenvalue weighted by Gasteiger charge is -2.28. The Hall–Kier alpha value is -0.800. The maximum atomic E-state index is 5.31. The highest BCUT2D eigenvalue weighted by atomic mass is 16.3. The molecule has 3 heteroatoms. The van der Waals surface area contributed by atoms with Gasteiger partial charge >= 0.3 is 0 Å². The zero-order valence-corrected chi connectivity index (χ0v) is 11.5. The minimum atomic E-state index is 0.828. The summed E-state index contributed by atoms with van der Waals surface area (Å²) in [5.41, 5.74) is 0. The van der Waals surface area contributed by atoms with E-state index in [9.17, 15) is 0 Å². The molecule has 18 heavy (non-hydrogen) atoms. The molecule has 0 radical (unpaired) electrons. The topological polar surface area (TPSA) is 37.2 Å². The van der Waals surface area contributed by atoms with Crippen molar-refractivity contribution in [2.24, 2.45) is 11.8 Å². The second kappa shape index (κ2) is 7.59. The number of piperidine rings is 1. The van der Waals surface area contributed by atoms with Gasteiger partial charge in [0, 0.05) is 13.0 Å². The molecule has 2 unspecified atom stereocenters. The van der Waals surface area contributed by atoms with Crippen LogP contribution >= 0.6 is 0 Å². The molecule has 0 saturated carbocycles. The lowest BCUT2D eigenvalue weighted by atomic mass is 9.85. The summed E-state index contributed by atoms with van der Waals surface area (Å²) in [6, 6.07) is 3.99. The predicted octanol–water partition coefficient (Wildman–Crippen LogP) is 2.44. The standard InChI is InChI=1S/C15H26N2O/c1-13(14-4-2-8-17-12-14)6-9-16-10-7-15-5-3-11-18-15/h3,5,11,13-14,16-17H,2,4,6-10,12H2,1H3. The molecule has 1 aliphatic rings. The van der Waals surface area contributed by atoms with Gasteiger partial charge in [0.05, 0.1) is 6.26 Å². The van der Waals surface area contributed by atoms with Gasteiger partial charge in [0.2, 0.25) is 0 Å². The Morgan fingerprint density at radius 1 is 1.50 bits per heavy atom. The smallest absolute Gasteiger partial charge is 0.105 e. The average molecular weight is 250 g/mol. The first-order valence-electron chi connectivity index (χ1n) is 7.30. The second-order valence-electron chi connectivity index (χ2n) is 5.45. The van der Waals surface area contributed by atoms with E-state index in [1.54, 1.807) is 6.26 Å². The van der Waals surface area contributed by atoms with Crippen LogP contribution in [-0.2, 0) is 6.42 Å². The van der Waals surface area contributed by atoms with Crippen LogP contribution in [0, 0.1) is 11.8 Å². The highest BCUT2D eigenvalue weighted by molar-refractivity contribution is 4.98. The monoisotopic (exact) mass is 250 g/mol. The highest BCUT2D eigenvalue weighted by Gasteiger charge is 2.18. The summed E-state index contributed by atoms with van der Waals surface area (Å²) in [6.07, 6.45) is 6.77.